The summed E-state index contributed by atoms with van der Waals surface area (Å²) in [5.74, 6) is 2.10. The fraction of sp³-hybridized carbons (Fsp3) is 0.350. The van der Waals surface area contributed by atoms with E-state index < -0.39 is 0 Å². The van der Waals surface area contributed by atoms with Crippen molar-refractivity contribution in [3.05, 3.63) is 53.1 Å². The van der Waals surface area contributed by atoms with Gasteiger partial charge in [0.15, 0.2) is 11.5 Å². The summed E-state index contributed by atoms with van der Waals surface area (Å²) in [6.07, 6.45) is 0.298. The van der Waals surface area contributed by atoms with Crippen molar-refractivity contribution in [3.8, 4) is 17.2 Å². The first kappa shape index (κ1) is 18.6. The molecule has 1 amide bonds. The molecule has 0 aliphatic rings. The van der Waals surface area contributed by atoms with E-state index >= 15 is 0 Å². The van der Waals surface area contributed by atoms with Crippen LogP contribution in [0.15, 0.2) is 36.4 Å². The molecular weight excluding hydrogens is 318 g/mol. The third-order valence-corrected chi connectivity index (χ3v) is 4.21. The largest absolute Gasteiger partial charge is 0.496 e. The van der Waals surface area contributed by atoms with Crippen molar-refractivity contribution in [2.24, 2.45) is 0 Å². The summed E-state index contributed by atoms with van der Waals surface area (Å²) in [5, 5.41) is 0. The molecule has 2 rings (SSSR count). The minimum absolute atomic E-state index is 0.0266. The van der Waals surface area contributed by atoms with E-state index in [0.717, 1.165) is 22.4 Å². The zero-order chi connectivity index (χ0) is 18.4. The van der Waals surface area contributed by atoms with Crippen molar-refractivity contribution >= 4 is 5.91 Å². The first-order valence-corrected chi connectivity index (χ1v) is 8.07. The predicted molar refractivity (Wildman–Crippen MR) is 97.5 cm³/mol. The molecule has 0 fully saturated rings. The van der Waals surface area contributed by atoms with Crippen LogP contribution >= 0.6 is 0 Å². The number of amides is 1. The highest BCUT2D eigenvalue weighted by Crippen LogP contribution is 2.30. The van der Waals surface area contributed by atoms with Gasteiger partial charge >= 0.3 is 0 Å². The molecule has 25 heavy (non-hydrogen) atoms. The van der Waals surface area contributed by atoms with Crippen molar-refractivity contribution in [1.29, 1.82) is 0 Å². The van der Waals surface area contributed by atoms with Gasteiger partial charge in [-0.15, -0.1) is 0 Å². The van der Waals surface area contributed by atoms with E-state index in [2.05, 4.69) is 0 Å². The molecule has 2 aromatic rings. The molecule has 0 bridgehead atoms. The number of carbonyl (C=O) groups excluding carboxylic acids is 1. The molecule has 0 saturated carbocycles. The molecule has 5 heteroatoms. The second kappa shape index (κ2) is 8.42. The van der Waals surface area contributed by atoms with Crippen LogP contribution in [0.3, 0.4) is 0 Å². The van der Waals surface area contributed by atoms with Gasteiger partial charge in [0.05, 0.1) is 27.8 Å². The molecule has 0 atom stereocenters. The molecule has 0 radical (unpaired) electrons. The van der Waals surface area contributed by atoms with E-state index in [4.69, 9.17) is 14.2 Å². The highest BCUT2D eigenvalue weighted by Gasteiger charge is 2.15. The fourth-order valence-corrected chi connectivity index (χ4v) is 2.68. The highest BCUT2D eigenvalue weighted by atomic mass is 16.5. The van der Waals surface area contributed by atoms with Crippen LogP contribution in [0.1, 0.15) is 16.7 Å². The third-order valence-electron chi connectivity index (χ3n) is 4.21. The van der Waals surface area contributed by atoms with E-state index in [9.17, 15) is 4.79 Å². The van der Waals surface area contributed by atoms with Crippen LogP contribution in [0.25, 0.3) is 0 Å². The number of ether oxygens (including phenoxy) is 3. The summed E-state index contributed by atoms with van der Waals surface area (Å²) in [6.45, 7) is 2.50. The smallest absolute Gasteiger partial charge is 0.227 e. The number of rotatable bonds is 7. The fourth-order valence-electron chi connectivity index (χ4n) is 2.68. The molecule has 2 aromatic carbocycles. The van der Waals surface area contributed by atoms with E-state index in [1.165, 1.54) is 0 Å². The minimum Gasteiger partial charge on any atom is -0.496 e. The van der Waals surface area contributed by atoms with Crippen LogP contribution < -0.4 is 14.2 Å². The predicted octanol–water partition coefficient (Wildman–Crippen LogP) is 3.22. The van der Waals surface area contributed by atoms with Gasteiger partial charge in [0.2, 0.25) is 5.91 Å². The first-order chi connectivity index (χ1) is 12.0. The molecule has 0 heterocycles. The number of hydrogen-bond donors (Lipinski definition) is 0. The molecular formula is C20H25NO4. The van der Waals surface area contributed by atoms with Crippen LogP contribution in [0.2, 0.25) is 0 Å². The van der Waals surface area contributed by atoms with E-state index in [-0.39, 0.29) is 5.91 Å². The molecule has 0 aliphatic carbocycles. The lowest BCUT2D eigenvalue weighted by atomic mass is 10.1. The van der Waals surface area contributed by atoms with Crippen molar-refractivity contribution in [3.63, 3.8) is 0 Å². The summed E-state index contributed by atoms with van der Waals surface area (Å²) in [7, 11) is 6.63. The van der Waals surface area contributed by atoms with Gasteiger partial charge in [0.25, 0.3) is 0 Å². The lowest BCUT2D eigenvalue weighted by Gasteiger charge is -2.20. The van der Waals surface area contributed by atoms with Gasteiger partial charge in [-0.3, -0.25) is 4.79 Å². The molecule has 5 nitrogen and oxygen atoms in total. The molecule has 0 saturated heterocycles. The number of aryl methyl sites for hydroxylation is 1. The number of nitrogens with zero attached hydrogens (tertiary/aromatic N) is 1. The Labute approximate surface area is 149 Å². The Hall–Kier alpha value is -2.69. The van der Waals surface area contributed by atoms with Crippen molar-refractivity contribution in [1.82, 2.24) is 4.90 Å². The van der Waals surface area contributed by atoms with Gasteiger partial charge in [-0.2, -0.15) is 0 Å². The third kappa shape index (κ3) is 4.44. The van der Waals surface area contributed by atoms with Crippen molar-refractivity contribution in [2.75, 3.05) is 28.4 Å². The van der Waals surface area contributed by atoms with Gasteiger partial charge in [-0.1, -0.05) is 18.2 Å². The first-order valence-electron chi connectivity index (χ1n) is 8.07. The van der Waals surface area contributed by atoms with Gasteiger partial charge < -0.3 is 19.1 Å². The molecule has 0 unspecified atom stereocenters. The summed E-state index contributed by atoms with van der Waals surface area (Å²) in [5.41, 5.74) is 2.95. The number of carbonyl (C=O) groups is 1. The van der Waals surface area contributed by atoms with Crippen molar-refractivity contribution < 1.29 is 19.0 Å². The lowest BCUT2D eigenvalue weighted by Crippen LogP contribution is -2.28. The summed E-state index contributed by atoms with van der Waals surface area (Å²) < 4.78 is 16.0. The second-order valence-electron chi connectivity index (χ2n) is 5.87. The SMILES string of the molecule is COc1ccccc1CC(=O)N(C)Cc1cc(OC)c(OC)cc1C. The van der Waals surface area contributed by atoms with Gasteiger partial charge in [0, 0.05) is 19.2 Å². The summed E-state index contributed by atoms with van der Waals surface area (Å²) >= 11 is 0. The number of methoxy groups -OCH3 is 3. The maximum Gasteiger partial charge on any atom is 0.227 e. The topological polar surface area (TPSA) is 48.0 Å². The average molecular weight is 343 g/mol. The summed E-state index contributed by atoms with van der Waals surface area (Å²) in [6, 6.07) is 11.4. The number of likely N-dealkylation sites (N-methyl/N-ethyl adjacent to an activating group) is 1. The van der Waals surface area contributed by atoms with Crippen LogP contribution in [-0.4, -0.2) is 39.2 Å². The Morgan fingerprint density at radius 3 is 2.16 bits per heavy atom. The van der Waals surface area contributed by atoms with Crippen LogP contribution in [0.4, 0.5) is 0 Å². The Morgan fingerprint density at radius 2 is 1.52 bits per heavy atom. The second-order valence-corrected chi connectivity index (χ2v) is 5.87. The maximum absolute atomic E-state index is 12.6. The summed E-state index contributed by atoms with van der Waals surface area (Å²) in [4.78, 5) is 14.3. The average Bonchev–Trinajstić information content (AvgIpc) is 2.63. The van der Waals surface area contributed by atoms with Gasteiger partial charge in [-0.25, -0.2) is 0 Å². The highest BCUT2D eigenvalue weighted by molar-refractivity contribution is 5.79. The number of para-hydroxylation sites is 1. The normalized spacial score (nSPS) is 10.3. The zero-order valence-electron chi connectivity index (χ0n) is 15.5. The Kier molecular flexibility index (Phi) is 6.28. The van der Waals surface area contributed by atoms with Gasteiger partial charge in [-0.05, 0) is 36.2 Å². The molecule has 0 aliphatic heterocycles. The molecule has 0 spiro atoms. The molecule has 0 N–H and O–H groups in total. The van der Waals surface area contributed by atoms with E-state index in [0.29, 0.717) is 24.5 Å². The monoisotopic (exact) mass is 343 g/mol. The van der Waals surface area contributed by atoms with Crippen molar-refractivity contribution in [2.45, 2.75) is 19.9 Å². The van der Waals surface area contributed by atoms with Gasteiger partial charge in [0.1, 0.15) is 5.75 Å². The van der Waals surface area contributed by atoms with Crippen LogP contribution in [-0.2, 0) is 17.8 Å². The number of benzene rings is 2. The Balaban J connectivity index is 2.13. The van der Waals surface area contributed by atoms with Crippen LogP contribution in [0.5, 0.6) is 17.2 Å². The molecule has 0 aromatic heterocycles. The number of hydrogen-bond acceptors (Lipinski definition) is 4. The maximum atomic E-state index is 12.6. The van der Waals surface area contributed by atoms with Crippen LogP contribution in [0, 0.1) is 6.92 Å². The standard InChI is InChI=1S/C20H25NO4/c1-14-10-18(24-4)19(25-5)11-16(14)13-21(2)20(22)12-15-8-6-7-9-17(15)23-3/h6-11H,12-13H2,1-5H3. The Morgan fingerprint density at radius 1 is 0.920 bits per heavy atom. The quantitative estimate of drug-likeness (QED) is 0.774. The van der Waals surface area contributed by atoms with E-state index in [1.807, 2.05) is 43.3 Å². The van der Waals surface area contributed by atoms with E-state index in [1.54, 1.807) is 33.3 Å². The lowest BCUT2D eigenvalue weighted by molar-refractivity contribution is -0.129. The molecule has 134 valence electrons. The zero-order valence-corrected chi connectivity index (χ0v) is 15.5. The Bertz CT molecular complexity index is 742. The minimum atomic E-state index is 0.0266.